The maximum Gasteiger partial charge on any atom is 0.0639 e. The molecule has 2 rings (SSSR count). The first kappa shape index (κ1) is 44.9. The third-order valence-electron chi connectivity index (χ3n) is 10.9. The summed E-state index contributed by atoms with van der Waals surface area (Å²) in [6, 6.07) is 9.79. The van der Waals surface area contributed by atoms with E-state index in [1.54, 1.807) is 33.4 Å². The average Bonchev–Trinajstić information content (AvgIpc) is 3.13. The molecule has 0 radical (unpaired) electrons. The minimum absolute atomic E-state index is 0.895. The second kappa shape index (κ2) is 28.3. The molecule has 2 aromatic carbocycles. The fourth-order valence-electron chi connectivity index (χ4n) is 7.68. The first-order chi connectivity index (χ1) is 25.0. The SMILES string of the molecule is CCCCCCCCc1cc(N=C(C)C(CC)=Nc2cc(CCCC)c(CCCC)c(CCCCCCCC)c2)cc(CCCC)c1CCCC. The van der Waals surface area contributed by atoms with E-state index < -0.39 is 0 Å². The zero-order valence-corrected chi connectivity index (χ0v) is 35.3. The van der Waals surface area contributed by atoms with Gasteiger partial charge in [0.05, 0.1) is 22.8 Å². The van der Waals surface area contributed by atoms with Crippen LogP contribution in [0.15, 0.2) is 34.3 Å². The van der Waals surface area contributed by atoms with E-state index in [0.717, 1.165) is 29.2 Å². The summed E-state index contributed by atoms with van der Waals surface area (Å²) < 4.78 is 0. The summed E-state index contributed by atoms with van der Waals surface area (Å²) in [5.74, 6) is 0. The first-order valence-electron chi connectivity index (χ1n) is 22.4. The van der Waals surface area contributed by atoms with Crippen molar-refractivity contribution in [2.45, 2.75) is 229 Å². The molecule has 0 fully saturated rings. The minimum atomic E-state index is 0.895. The van der Waals surface area contributed by atoms with E-state index in [0.29, 0.717) is 0 Å². The van der Waals surface area contributed by atoms with Gasteiger partial charge in [0.25, 0.3) is 0 Å². The van der Waals surface area contributed by atoms with Crippen molar-refractivity contribution in [3.63, 3.8) is 0 Å². The van der Waals surface area contributed by atoms with E-state index in [2.05, 4.69) is 79.7 Å². The number of benzene rings is 2. The summed E-state index contributed by atoms with van der Waals surface area (Å²) in [7, 11) is 0. The quantitative estimate of drug-likeness (QED) is 0.0573. The number of nitrogens with zero attached hydrogens (tertiary/aromatic N) is 2. The van der Waals surface area contributed by atoms with Crippen molar-refractivity contribution in [2.75, 3.05) is 0 Å². The van der Waals surface area contributed by atoms with Crippen molar-refractivity contribution in [3.8, 4) is 0 Å². The van der Waals surface area contributed by atoms with Gasteiger partial charge >= 0.3 is 0 Å². The van der Waals surface area contributed by atoms with E-state index in [4.69, 9.17) is 9.98 Å². The Kier molecular flexibility index (Phi) is 24.9. The number of hydrogen-bond donors (Lipinski definition) is 0. The van der Waals surface area contributed by atoms with Gasteiger partial charge in [0.1, 0.15) is 0 Å². The molecule has 2 nitrogen and oxygen atoms in total. The molecule has 0 heterocycles. The Labute approximate surface area is 318 Å². The van der Waals surface area contributed by atoms with Gasteiger partial charge in [0, 0.05) is 0 Å². The monoisotopic (exact) mass is 699 g/mol. The summed E-state index contributed by atoms with van der Waals surface area (Å²) in [5, 5.41) is 0. The Morgan fingerprint density at radius 2 is 0.686 bits per heavy atom. The van der Waals surface area contributed by atoms with Crippen LogP contribution in [0.4, 0.5) is 11.4 Å². The summed E-state index contributed by atoms with van der Waals surface area (Å²) >= 11 is 0. The second-order valence-electron chi connectivity index (χ2n) is 15.5. The summed E-state index contributed by atoms with van der Waals surface area (Å²) in [5.41, 5.74) is 14.0. The Hall–Kier alpha value is -2.22. The van der Waals surface area contributed by atoms with E-state index >= 15 is 0 Å². The molecule has 0 N–H and O–H groups in total. The van der Waals surface area contributed by atoms with Crippen LogP contribution in [0.5, 0.6) is 0 Å². The normalized spacial score (nSPS) is 12.3. The van der Waals surface area contributed by atoms with Crippen LogP contribution in [0.1, 0.15) is 224 Å². The van der Waals surface area contributed by atoms with E-state index in [1.807, 2.05) is 0 Å². The Bertz CT molecular complexity index is 1270. The highest BCUT2D eigenvalue weighted by Crippen LogP contribution is 2.31. The number of rotatable bonds is 30. The second-order valence-corrected chi connectivity index (χ2v) is 15.5. The van der Waals surface area contributed by atoms with Crippen molar-refractivity contribution in [3.05, 3.63) is 57.6 Å². The van der Waals surface area contributed by atoms with Gasteiger partial charge in [0.2, 0.25) is 0 Å². The average molecular weight is 699 g/mol. The van der Waals surface area contributed by atoms with Gasteiger partial charge in [-0.15, -0.1) is 0 Å². The van der Waals surface area contributed by atoms with Crippen LogP contribution in [-0.2, 0) is 38.5 Å². The topological polar surface area (TPSA) is 24.7 Å². The molecule has 0 saturated heterocycles. The number of hydrogen-bond acceptors (Lipinski definition) is 2. The number of aliphatic imine (C=N–C) groups is 2. The predicted octanol–water partition coefficient (Wildman–Crippen LogP) is 16.1. The molecule has 0 spiro atoms. The lowest BCUT2D eigenvalue weighted by molar-refractivity contribution is 0.605. The lowest BCUT2D eigenvalue weighted by Gasteiger charge is -2.18. The van der Waals surface area contributed by atoms with E-state index in [1.165, 1.54) is 167 Å². The van der Waals surface area contributed by atoms with Gasteiger partial charge < -0.3 is 0 Å². The molecule has 0 unspecified atom stereocenters. The van der Waals surface area contributed by atoms with Crippen LogP contribution in [0.25, 0.3) is 0 Å². The summed E-state index contributed by atoms with van der Waals surface area (Å²) in [6.45, 7) is 18.4. The maximum absolute atomic E-state index is 5.42. The van der Waals surface area contributed by atoms with E-state index in [-0.39, 0.29) is 0 Å². The van der Waals surface area contributed by atoms with Crippen LogP contribution in [0, 0.1) is 0 Å². The van der Waals surface area contributed by atoms with Crippen LogP contribution in [-0.4, -0.2) is 11.4 Å². The molecular weight excluding hydrogens is 617 g/mol. The fraction of sp³-hybridized carbons (Fsp3) is 0.714. The van der Waals surface area contributed by atoms with Gasteiger partial charge in [-0.25, -0.2) is 0 Å². The Balaban J connectivity index is 2.52. The predicted molar refractivity (Wildman–Crippen MR) is 232 cm³/mol. The highest BCUT2D eigenvalue weighted by molar-refractivity contribution is 6.42. The highest BCUT2D eigenvalue weighted by Gasteiger charge is 2.14. The largest absolute Gasteiger partial charge is 0.252 e. The molecule has 0 aromatic heterocycles. The third-order valence-corrected chi connectivity index (χ3v) is 10.9. The van der Waals surface area contributed by atoms with Crippen LogP contribution < -0.4 is 0 Å². The van der Waals surface area contributed by atoms with Gasteiger partial charge in [0.15, 0.2) is 0 Å². The summed E-state index contributed by atoms with van der Waals surface area (Å²) in [4.78, 5) is 10.8. The zero-order chi connectivity index (χ0) is 37.1. The molecule has 51 heavy (non-hydrogen) atoms. The summed E-state index contributed by atoms with van der Waals surface area (Å²) in [6.07, 6.45) is 34.2. The molecule has 2 heteroatoms. The van der Waals surface area contributed by atoms with Crippen molar-refractivity contribution in [2.24, 2.45) is 9.98 Å². The zero-order valence-electron chi connectivity index (χ0n) is 35.3. The smallest absolute Gasteiger partial charge is 0.0639 e. The molecule has 0 amide bonds. The highest BCUT2D eigenvalue weighted by atomic mass is 14.8. The lowest BCUT2D eigenvalue weighted by Crippen LogP contribution is -2.09. The standard InChI is InChI=1S/C49H82N2/c1-9-16-22-24-26-28-32-43-37-45(36-41(30-18-11-3)47(43)34-20-13-5)50-40(8)49(15-7)51-46-38-42(31-19-12-4)48(35-21-14-6)44(39-46)33-29-27-25-23-17-10-2/h36-39H,9-35H2,1-8H3. The van der Waals surface area contributed by atoms with Crippen molar-refractivity contribution in [1.29, 1.82) is 0 Å². The molecule has 0 bridgehead atoms. The van der Waals surface area contributed by atoms with Crippen molar-refractivity contribution >= 4 is 22.8 Å². The first-order valence-corrected chi connectivity index (χ1v) is 22.4. The van der Waals surface area contributed by atoms with Crippen LogP contribution in [0.2, 0.25) is 0 Å². The van der Waals surface area contributed by atoms with Crippen molar-refractivity contribution in [1.82, 2.24) is 0 Å². The molecule has 0 aliphatic carbocycles. The molecule has 0 aliphatic rings. The van der Waals surface area contributed by atoms with Crippen molar-refractivity contribution < 1.29 is 0 Å². The van der Waals surface area contributed by atoms with Crippen LogP contribution in [0.3, 0.4) is 0 Å². The maximum atomic E-state index is 5.42. The van der Waals surface area contributed by atoms with Gasteiger partial charge in [-0.05, 0) is 148 Å². The van der Waals surface area contributed by atoms with Gasteiger partial charge in [-0.2, -0.15) is 0 Å². The molecule has 2 aromatic rings. The lowest BCUT2D eigenvalue weighted by atomic mass is 9.90. The Morgan fingerprint density at radius 1 is 0.373 bits per heavy atom. The Morgan fingerprint density at radius 3 is 1.06 bits per heavy atom. The molecule has 0 saturated carbocycles. The third kappa shape index (κ3) is 17.4. The van der Waals surface area contributed by atoms with E-state index in [9.17, 15) is 0 Å². The molecular formula is C49H82N2. The molecule has 288 valence electrons. The van der Waals surface area contributed by atoms with Crippen LogP contribution >= 0.6 is 0 Å². The molecule has 0 atom stereocenters. The number of aryl methyl sites for hydroxylation is 4. The fourth-order valence-corrected chi connectivity index (χ4v) is 7.68. The number of unbranched alkanes of at least 4 members (excludes halogenated alkanes) is 14. The van der Waals surface area contributed by atoms with Gasteiger partial charge in [-0.1, -0.05) is 138 Å². The minimum Gasteiger partial charge on any atom is -0.252 e. The van der Waals surface area contributed by atoms with Gasteiger partial charge in [-0.3, -0.25) is 9.98 Å². The molecule has 0 aliphatic heterocycles.